The lowest BCUT2D eigenvalue weighted by molar-refractivity contribution is -0.138. The minimum atomic E-state index is 0.176. The van der Waals surface area contributed by atoms with E-state index in [1.165, 1.54) is 5.56 Å². The number of benzene rings is 1. The second kappa shape index (κ2) is 11.3. The Labute approximate surface area is 194 Å². The van der Waals surface area contributed by atoms with Crippen molar-refractivity contribution in [2.45, 2.75) is 58.3 Å². The molecule has 1 atom stereocenters. The molecule has 0 saturated carbocycles. The zero-order valence-electron chi connectivity index (χ0n) is 19.9. The van der Waals surface area contributed by atoms with E-state index < -0.39 is 0 Å². The molecule has 0 spiro atoms. The number of carbonyl (C=O) groups excluding carboxylic acids is 2. The van der Waals surface area contributed by atoms with Crippen LogP contribution in [0.25, 0.3) is 0 Å². The average molecular weight is 440 g/mol. The quantitative estimate of drug-likeness (QED) is 0.677. The van der Waals surface area contributed by atoms with E-state index >= 15 is 0 Å². The Morgan fingerprint density at radius 1 is 0.906 bits per heavy atom. The van der Waals surface area contributed by atoms with Crippen LogP contribution in [0.1, 0.15) is 57.4 Å². The van der Waals surface area contributed by atoms with Crippen molar-refractivity contribution in [1.82, 2.24) is 14.7 Å². The molecule has 0 aliphatic carbocycles. The number of carbonyl (C=O) groups is 2. The number of likely N-dealkylation sites (tertiary alicyclic amines) is 3. The van der Waals surface area contributed by atoms with Gasteiger partial charge in [0.25, 0.3) is 0 Å². The summed E-state index contributed by atoms with van der Waals surface area (Å²) in [5.41, 5.74) is 1.31. The Bertz CT molecular complexity index is 737. The monoisotopic (exact) mass is 439 g/mol. The SMILES string of the molecule is CC1CCN(C(=O)CN2CCC([C@H]3CCCCN(CCc4ccccc4)C3=O)CC2)CC1. The maximum Gasteiger partial charge on any atom is 0.236 e. The highest BCUT2D eigenvalue weighted by Gasteiger charge is 2.35. The lowest BCUT2D eigenvalue weighted by atomic mass is 9.81. The third kappa shape index (κ3) is 6.12. The smallest absolute Gasteiger partial charge is 0.236 e. The summed E-state index contributed by atoms with van der Waals surface area (Å²) in [6, 6.07) is 10.5. The molecule has 0 unspecified atom stereocenters. The van der Waals surface area contributed by atoms with Crippen molar-refractivity contribution in [2.24, 2.45) is 17.8 Å². The van der Waals surface area contributed by atoms with Crippen molar-refractivity contribution < 1.29 is 9.59 Å². The van der Waals surface area contributed by atoms with E-state index in [9.17, 15) is 9.59 Å². The Hall–Kier alpha value is -1.88. The predicted octanol–water partition coefficient (Wildman–Crippen LogP) is 3.83. The van der Waals surface area contributed by atoms with Crippen LogP contribution in [-0.4, -0.2) is 72.3 Å². The molecule has 1 aromatic carbocycles. The normalized spacial score (nSPS) is 24.5. The first-order chi connectivity index (χ1) is 15.6. The summed E-state index contributed by atoms with van der Waals surface area (Å²) in [6.07, 6.45) is 8.63. The molecule has 3 saturated heterocycles. The van der Waals surface area contributed by atoms with Gasteiger partial charge in [-0.15, -0.1) is 0 Å². The molecule has 5 heteroatoms. The topological polar surface area (TPSA) is 43.9 Å². The van der Waals surface area contributed by atoms with Gasteiger partial charge in [0.1, 0.15) is 0 Å². The fourth-order valence-corrected chi connectivity index (χ4v) is 5.77. The molecule has 2 amide bonds. The molecule has 5 nitrogen and oxygen atoms in total. The first kappa shape index (κ1) is 23.3. The van der Waals surface area contributed by atoms with Crippen molar-refractivity contribution in [1.29, 1.82) is 0 Å². The molecule has 0 N–H and O–H groups in total. The summed E-state index contributed by atoms with van der Waals surface area (Å²) in [6.45, 7) is 8.33. The second-order valence-corrected chi connectivity index (χ2v) is 10.3. The van der Waals surface area contributed by atoms with Crippen molar-refractivity contribution in [3.05, 3.63) is 35.9 Å². The third-order valence-corrected chi connectivity index (χ3v) is 8.03. The summed E-state index contributed by atoms with van der Waals surface area (Å²) in [5, 5.41) is 0. The van der Waals surface area contributed by atoms with Crippen LogP contribution in [0.5, 0.6) is 0 Å². The molecule has 176 valence electrons. The van der Waals surface area contributed by atoms with Gasteiger partial charge < -0.3 is 9.80 Å². The third-order valence-electron chi connectivity index (χ3n) is 8.03. The lowest BCUT2D eigenvalue weighted by Gasteiger charge is -2.37. The van der Waals surface area contributed by atoms with Crippen LogP contribution in [0.4, 0.5) is 0 Å². The van der Waals surface area contributed by atoms with E-state index in [1.54, 1.807) is 0 Å². The van der Waals surface area contributed by atoms with Gasteiger partial charge in [0, 0.05) is 32.1 Å². The van der Waals surface area contributed by atoms with Gasteiger partial charge in [-0.1, -0.05) is 43.7 Å². The Morgan fingerprint density at radius 3 is 2.34 bits per heavy atom. The fourth-order valence-electron chi connectivity index (χ4n) is 5.77. The molecule has 0 radical (unpaired) electrons. The van der Waals surface area contributed by atoms with Gasteiger partial charge in [-0.3, -0.25) is 14.5 Å². The number of piperidine rings is 2. The van der Waals surface area contributed by atoms with E-state index in [0.717, 1.165) is 96.6 Å². The molecule has 3 aliphatic rings. The summed E-state index contributed by atoms with van der Waals surface area (Å²) >= 11 is 0. The van der Waals surface area contributed by atoms with Crippen molar-refractivity contribution in [3.8, 4) is 0 Å². The summed E-state index contributed by atoms with van der Waals surface area (Å²) in [4.78, 5) is 32.6. The number of hydrogen-bond acceptors (Lipinski definition) is 3. The first-order valence-corrected chi connectivity index (χ1v) is 12.9. The second-order valence-electron chi connectivity index (χ2n) is 10.3. The van der Waals surface area contributed by atoms with E-state index in [1.807, 2.05) is 6.07 Å². The van der Waals surface area contributed by atoms with E-state index in [2.05, 4.69) is 45.9 Å². The maximum absolute atomic E-state index is 13.4. The highest BCUT2D eigenvalue weighted by molar-refractivity contribution is 5.79. The Morgan fingerprint density at radius 2 is 1.62 bits per heavy atom. The van der Waals surface area contributed by atoms with Gasteiger partial charge in [0.05, 0.1) is 6.54 Å². The van der Waals surface area contributed by atoms with Gasteiger partial charge in [-0.25, -0.2) is 0 Å². The van der Waals surface area contributed by atoms with Crippen LogP contribution in [0.15, 0.2) is 30.3 Å². The van der Waals surface area contributed by atoms with Gasteiger partial charge in [-0.05, 0) is 75.4 Å². The van der Waals surface area contributed by atoms with Crippen LogP contribution >= 0.6 is 0 Å². The van der Waals surface area contributed by atoms with Crippen LogP contribution in [0.3, 0.4) is 0 Å². The summed E-state index contributed by atoms with van der Waals surface area (Å²) < 4.78 is 0. The molecular formula is C27H41N3O2. The van der Waals surface area contributed by atoms with Crippen LogP contribution in [0, 0.1) is 17.8 Å². The van der Waals surface area contributed by atoms with Crippen LogP contribution in [0.2, 0.25) is 0 Å². The molecule has 32 heavy (non-hydrogen) atoms. The molecule has 3 aliphatic heterocycles. The van der Waals surface area contributed by atoms with Crippen molar-refractivity contribution in [3.63, 3.8) is 0 Å². The highest BCUT2D eigenvalue weighted by atomic mass is 16.2. The molecule has 3 fully saturated rings. The predicted molar refractivity (Wildman–Crippen MR) is 128 cm³/mol. The van der Waals surface area contributed by atoms with Crippen LogP contribution < -0.4 is 0 Å². The van der Waals surface area contributed by atoms with Crippen molar-refractivity contribution >= 4 is 11.8 Å². The molecular weight excluding hydrogens is 398 g/mol. The van der Waals surface area contributed by atoms with Gasteiger partial charge in [-0.2, -0.15) is 0 Å². The zero-order valence-corrected chi connectivity index (χ0v) is 19.9. The molecule has 1 aromatic rings. The van der Waals surface area contributed by atoms with Gasteiger partial charge in [0.15, 0.2) is 0 Å². The zero-order chi connectivity index (χ0) is 22.3. The lowest BCUT2D eigenvalue weighted by Crippen LogP contribution is -2.47. The minimum absolute atomic E-state index is 0.176. The molecule has 0 aromatic heterocycles. The van der Waals surface area contributed by atoms with Crippen LogP contribution in [-0.2, 0) is 16.0 Å². The number of amides is 2. The largest absolute Gasteiger partial charge is 0.342 e. The fraction of sp³-hybridized carbons (Fsp3) is 0.704. The van der Waals surface area contributed by atoms with E-state index in [-0.39, 0.29) is 5.92 Å². The summed E-state index contributed by atoms with van der Waals surface area (Å²) in [7, 11) is 0. The number of nitrogens with zero attached hydrogens (tertiary/aromatic N) is 3. The number of rotatable bonds is 6. The Balaban J connectivity index is 1.25. The first-order valence-electron chi connectivity index (χ1n) is 12.9. The molecule has 0 bridgehead atoms. The van der Waals surface area contributed by atoms with Crippen molar-refractivity contribution in [2.75, 3.05) is 45.8 Å². The van der Waals surface area contributed by atoms with E-state index in [4.69, 9.17) is 0 Å². The molecule has 4 rings (SSSR count). The standard InChI is InChI=1S/C27H41N3O2/c1-22-10-18-29(19-11-22)26(31)21-28-16-13-24(14-17-28)25-9-5-6-15-30(27(25)32)20-12-23-7-3-2-4-8-23/h2-4,7-8,22,24-25H,5-6,9-21H2,1H3/t25-/m1/s1. The maximum atomic E-state index is 13.4. The number of hydrogen-bond donors (Lipinski definition) is 0. The van der Waals surface area contributed by atoms with Gasteiger partial charge in [0.2, 0.25) is 11.8 Å². The molecule has 3 heterocycles. The Kier molecular flexibility index (Phi) is 8.23. The minimum Gasteiger partial charge on any atom is -0.342 e. The summed E-state index contributed by atoms with van der Waals surface area (Å²) in [5.74, 6) is 2.08. The average Bonchev–Trinajstić information content (AvgIpc) is 3.00. The van der Waals surface area contributed by atoms with Gasteiger partial charge >= 0.3 is 0 Å². The van der Waals surface area contributed by atoms with E-state index in [0.29, 0.717) is 24.3 Å². The highest BCUT2D eigenvalue weighted by Crippen LogP contribution is 2.32.